The topological polar surface area (TPSA) is 57.7 Å². The minimum Gasteiger partial charge on any atom is -0.298 e. The first kappa shape index (κ1) is 26.5. The fourth-order valence-electron chi connectivity index (χ4n) is 8.62. The van der Waals surface area contributed by atoms with E-state index in [1.807, 2.05) is 0 Å². The molecule has 0 amide bonds. The molecule has 0 aromatic carbocycles. The van der Waals surface area contributed by atoms with Crippen molar-refractivity contribution in [3.63, 3.8) is 0 Å². The molecule has 0 aromatic heterocycles. The van der Waals surface area contributed by atoms with Crippen molar-refractivity contribution in [1.29, 1.82) is 0 Å². The molecule has 196 valence electrons. The maximum atomic E-state index is 13.5. The Labute approximate surface area is 205 Å². The van der Waals surface area contributed by atoms with Gasteiger partial charge in [-0.05, 0) is 73.5 Å². The van der Waals surface area contributed by atoms with Gasteiger partial charge in [0.25, 0.3) is 0 Å². The van der Waals surface area contributed by atoms with Crippen molar-refractivity contribution in [2.24, 2.45) is 40.9 Å². The molecule has 5 nitrogen and oxygen atoms in total. The summed E-state index contributed by atoms with van der Waals surface area (Å²) in [5, 5.41) is 0. The van der Waals surface area contributed by atoms with Gasteiger partial charge in [-0.25, -0.2) is 17.2 Å². The maximum absolute atomic E-state index is 13.5. The zero-order chi connectivity index (χ0) is 24.7. The summed E-state index contributed by atoms with van der Waals surface area (Å²) in [6, 6.07) is 0. The highest BCUT2D eigenvalue weighted by molar-refractivity contribution is 7.88. The number of alkyl halides is 2. The number of carbonyl (C=O) groups excluding carboxylic acids is 1. The first-order valence-electron chi connectivity index (χ1n) is 13.5. The van der Waals surface area contributed by atoms with Crippen LogP contribution in [0.25, 0.3) is 0 Å². The van der Waals surface area contributed by atoms with E-state index in [2.05, 4.69) is 18.7 Å². The maximum Gasteiger partial charge on any atom is 0.238 e. The Morgan fingerprint density at radius 2 is 1.74 bits per heavy atom. The molecule has 0 N–H and O–H groups in total. The number of nitrogens with zero attached hydrogens (tertiary/aromatic N) is 2. The molecule has 1 aliphatic heterocycles. The van der Waals surface area contributed by atoms with Crippen molar-refractivity contribution >= 4 is 15.8 Å². The monoisotopic (exact) mass is 502 g/mol. The van der Waals surface area contributed by atoms with Crippen molar-refractivity contribution in [2.45, 2.75) is 78.1 Å². The predicted octanol–water partition coefficient (Wildman–Crippen LogP) is 4.67. The summed E-state index contributed by atoms with van der Waals surface area (Å²) in [6.07, 6.45) is 7.36. The van der Waals surface area contributed by atoms with Crippen LogP contribution in [0.4, 0.5) is 8.78 Å². The number of halogens is 2. The second kappa shape index (κ2) is 10.4. The highest BCUT2D eigenvalue weighted by atomic mass is 32.2. The van der Waals surface area contributed by atoms with Gasteiger partial charge in [0, 0.05) is 38.5 Å². The normalized spacial score (nSPS) is 39.7. The molecule has 0 aromatic rings. The Hall–Kier alpha value is -0.600. The number of ketones is 1. The Bertz CT molecular complexity index is 830. The quantitative estimate of drug-likeness (QED) is 0.484. The molecule has 3 aliphatic carbocycles. The predicted molar refractivity (Wildman–Crippen MR) is 130 cm³/mol. The van der Waals surface area contributed by atoms with Crippen LogP contribution in [0.3, 0.4) is 0 Å². The summed E-state index contributed by atoms with van der Waals surface area (Å²) in [5.41, 5.74) is 0.0269. The molecule has 3 saturated carbocycles. The number of hydrogen-bond donors (Lipinski definition) is 0. The summed E-state index contributed by atoms with van der Waals surface area (Å²) in [6.45, 7) is 7.08. The van der Waals surface area contributed by atoms with E-state index < -0.39 is 16.4 Å². The molecular weight excluding hydrogens is 458 g/mol. The lowest BCUT2D eigenvalue weighted by Gasteiger charge is -2.54. The third-order valence-corrected chi connectivity index (χ3v) is 11.5. The molecule has 8 heteroatoms. The lowest BCUT2D eigenvalue weighted by Crippen LogP contribution is -2.52. The van der Waals surface area contributed by atoms with Crippen LogP contribution < -0.4 is 0 Å². The number of Topliss-reactive ketones (excluding diaryl/α,β-unsaturated/α-hetero) is 1. The smallest absolute Gasteiger partial charge is 0.238 e. The Kier molecular flexibility index (Phi) is 8.10. The molecule has 0 spiro atoms. The van der Waals surface area contributed by atoms with Gasteiger partial charge in [0.15, 0.2) is 0 Å². The van der Waals surface area contributed by atoms with Crippen LogP contribution in [0.5, 0.6) is 0 Å². The average Bonchev–Trinajstić information content (AvgIpc) is 3.12. The lowest BCUT2D eigenvalue weighted by atomic mass is 9.50. The molecule has 1 heterocycles. The van der Waals surface area contributed by atoms with Gasteiger partial charge >= 0.3 is 0 Å². The number of sulfonamides is 1. The third kappa shape index (κ3) is 5.24. The van der Waals surface area contributed by atoms with Crippen LogP contribution >= 0.6 is 0 Å². The van der Waals surface area contributed by atoms with Gasteiger partial charge < -0.3 is 0 Å². The van der Waals surface area contributed by atoms with E-state index in [-0.39, 0.29) is 23.7 Å². The summed E-state index contributed by atoms with van der Waals surface area (Å²) in [4.78, 5) is 15.6. The third-order valence-electron chi connectivity index (χ3n) is 10.2. The first-order valence-corrected chi connectivity index (χ1v) is 15.4. The van der Waals surface area contributed by atoms with Crippen LogP contribution in [0.15, 0.2) is 0 Å². The highest BCUT2D eigenvalue weighted by Gasteiger charge is 2.58. The molecule has 4 rings (SSSR count). The van der Waals surface area contributed by atoms with Crippen molar-refractivity contribution < 1.29 is 22.0 Å². The SMILES string of the molecule is CCCC1C(CC(F)F)CCC2C1CCC1(C)C(C(=O)CN3CCN(S(C)(=O)=O)CC3)CCC21. The first-order chi connectivity index (χ1) is 16.0. The number of piperazine rings is 1. The second-order valence-electron chi connectivity index (χ2n) is 11.9. The summed E-state index contributed by atoms with van der Waals surface area (Å²) in [5.74, 6) is 2.66. The fraction of sp³-hybridized carbons (Fsp3) is 0.962. The minimum absolute atomic E-state index is 0.0269. The van der Waals surface area contributed by atoms with E-state index in [1.54, 1.807) is 0 Å². The van der Waals surface area contributed by atoms with Crippen LogP contribution in [-0.4, -0.2) is 68.8 Å². The van der Waals surface area contributed by atoms with Crippen molar-refractivity contribution in [3.05, 3.63) is 0 Å². The van der Waals surface area contributed by atoms with E-state index in [4.69, 9.17) is 0 Å². The van der Waals surface area contributed by atoms with Crippen molar-refractivity contribution in [2.75, 3.05) is 39.0 Å². The molecule has 1 saturated heterocycles. The van der Waals surface area contributed by atoms with E-state index in [0.717, 1.165) is 51.4 Å². The van der Waals surface area contributed by atoms with Gasteiger partial charge in [0.05, 0.1) is 12.8 Å². The Morgan fingerprint density at radius 3 is 2.35 bits per heavy atom. The summed E-state index contributed by atoms with van der Waals surface area (Å²) in [7, 11) is -3.17. The molecule has 0 bridgehead atoms. The van der Waals surface area contributed by atoms with Gasteiger partial charge in [-0.3, -0.25) is 9.69 Å². The van der Waals surface area contributed by atoms with Crippen molar-refractivity contribution in [3.8, 4) is 0 Å². The van der Waals surface area contributed by atoms with E-state index in [0.29, 0.717) is 62.2 Å². The van der Waals surface area contributed by atoms with Crippen molar-refractivity contribution in [1.82, 2.24) is 9.21 Å². The molecule has 7 atom stereocenters. The molecule has 7 unspecified atom stereocenters. The second-order valence-corrected chi connectivity index (χ2v) is 13.9. The van der Waals surface area contributed by atoms with Gasteiger partial charge in [-0.2, -0.15) is 4.31 Å². The van der Waals surface area contributed by atoms with Crippen LogP contribution in [-0.2, 0) is 14.8 Å². The van der Waals surface area contributed by atoms with Gasteiger partial charge in [-0.15, -0.1) is 0 Å². The zero-order valence-electron chi connectivity index (χ0n) is 21.2. The number of rotatable bonds is 8. The Morgan fingerprint density at radius 1 is 1.03 bits per heavy atom. The highest BCUT2D eigenvalue weighted by Crippen LogP contribution is 2.63. The van der Waals surface area contributed by atoms with E-state index in [1.165, 1.54) is 10.6 Å². The number of hydrogen-bond acceptors (Lipinski definition) is 4. The number of fused-ring (bicyclic) bond motifs is 3. The van der Waals surface area contributed by atoms with Gasteiger partial charge in [0.2, 0.25) is 16.4 Å². The van der Waals surface area contributed by atoms with Crippen LogP contribution in [0.1, 0.15) is 71.6 Å². The summed E-state index contributed by atoms with van der Waals surface area (Å²) < 4.78 is 51.6. The van der Waals surface area contributed by atoms with E-state index in [9.17, 15) is 22.0 Å². The van der Waals surface area contributed by atoms with Crippen LogP contribution in [0.2, 0.25) is 0 Å². The van der Waals surface area contributed by atoms with Gasteiger partial charge in [0.1, 0.15) is 5.78 Å². The number of carbonyl (C=O) groups is 1. The molecular formula is C26H44F2N2O3S. The molecule has 4 aliphatic rings. The minimum atomic E-state index is -3.17. The molecule has 0 radical (unpaired) electrons. The fourth-order valence-corrected chi connectivity index (χ4v) is 9.44. The van der Waals surface area contributed by atoms with Gasteiger partial charge in [-0.1, -0.05) is 26.7 Å². The zero-order valence-corrected chi connectivity index (χ0v) is 22.0. The van der Waals surface area contributed by atoms with E-state index >= 15 is 0 Å². The average molecular weight is 503 g/mol. The standard InChI is InChI=1S/C26H44F2N2O3S/c1-4-5-19-18(16-25(27)28)6-7-21-20(19)10-11-26(2)22(21)8-9-23(26)24(31)17-29-12-14-30(15-13-29)34(3,32)33/h18-23,25H,4-17H2,1-3H3. The summed E-state index contributed by atoms with van der Waals surface area (Å²) >= 11 is 0. The van der Waals surface area contributed by atoms with Crippen LogP contribution in [0, 0.1) is 40.9 Å². The molecule has 4 fully saturated rings. The largest absolute Gasteiger partial charge is 0.298 e. The molecule has 34 heavy (non-hydrogen) atoms. The lowest BCUT2D eigenvalue weighted by molar-refractivity contribution is -0.131. The Balaban J connectivity index is 1.40.